The molecule has 0 atom stereocenters. The maximum Gasteiger partial charge on any atom is 0.707 e. The first-order valence-corrected chi connectivity index (χ1v) is 3.95. The molecule has 0 heterocycles. The van der Waals surface area contributed by atoms with Gasteiger partial charge in [0.25, 0.3) is 0 Å². The number of carbonyl (C=O) groups is 1. The quantitative estimate of drug-likeness (QED) is 0.545. The van der Waals surface area contributed by atoms with Gasteiger partial charge in [0.2, 0.25) is 0 Å². The monoisotopic (exact) mass is 214 g/mol. The molecule has 80 valence electrons. The first-order chi connectivity index (χ1) is 7.04. The predicted octanol–water partition coefficient (Wildman–Crippen LogP) is -0.0394. The molecule has 0 aliphatic rings. The molecule has 0 bridgehead atoms. The van der Waals surface area contributed by atoms with E-state index in [1.807, 2.05) is 0 Å². The standard InChI is InChI=1S/C8H8BFO5/c1-14-8(11)5-2-3-6(10)7(4-5)15-9(12)13/h2-4,12-13H,1H3. The van der Waals surface area contributed by atoms with Crippen LogP contribution in [0.15, 0.2) is 18.2 Å². The first kappa shape index (κ1) is 11.5. The van der Waals surface area contributed by atoms with Crippen LogP contribution in [0.2, 0.25) is 0 Å². The molecule has 1 aromatic carbocycles. The molecule has 0 fully saturated rings. The van der Waals surface area contributed by atoms with Crippen LogP contribution >= 0.6 is 0 Å². The molecular weight excluding hydrogens is 206 g/mol. The molecule has 0 unspecified atom stereocenters. The lowest BCUT2D eigenvalue weighted by Gasteiger charge is -2.07. The zero-order valence-electron chi connectivity index (χ0n) is 7.81. The van der Waals surface area contributed by atoms with Crippen LogP contribution in [0.4, 0.5) is 4.39 Å². The summed E-state index contributed by atoms with van der Waals surface area (Å²) in [6, 6.07) is 3.17. The summed E-state index contributed by atoms with van der Waals surface area (Å²) in [4.78, 5) is 11.0. The number of rotatable bonds is 3. The van der Waals surface area contributed by atoms with Gasteiger partial charge in [0.1, 0.15) is 5.75 Å². The fourth-order valence-corrected chi connectivity index (χ4v) is 0.952. The van der Waals surface area contributed by atoms with Crippen molar-refractivity contribution >= 4 is 13.3 Å². The molecule has 0 amide bonds. The highest BCUT2D eigenvalue weighted by Gasteiger charge is 2.16. The van der Waals surface area contributed by atoms with Gasteiger partial charge in [-0.25, -0.2) is 9.18 Å². The molecular formula is C8H8BFO5. The van der Waals surface area contributed by atoms with Crippen molar-refractivity contribution in [1.82, 2.24) is 0 Å². The highest BCUT2D eigenvalue weighted by atomic mass is 19.1. The van der Waals surface area contributed by atoms with Gasteiger partial charge in [-0.3, -0.25) is 0 Å². The number of esters is 1. The van der Waals surface area contributed by atoms with E-state index in [1.165, 1.54) is 13.2 Å². The molecule has 0 saturated heterocycles. The fourth-order valence-electron chi connectivity index (χ4n) is 0.952. The minimum Gasteiger partial charge on any atom is -0.510 e. The molecule has 0 saturated carbocycles. The van der Waals surface area contributed by atoms with Crippen molar-refractivity contribution in [2.45, 2.75) is 0 Å². The maximum atomic E-state index is 13.0. The van der Waals surface area contributed by atoms with Crippen molar-refractivity contribution in [2.75, 3.05) is 7.11 Å². The van der Waals surface area contributed by atoms with Gasteiger partial charge in [0.05, 0.1) is 12.7 Å². The van der Waals surface area contributed by atoms with Crippen molar-refractivity contribution in [3.63, 3.8) is 0 Å². The summed E-state index contributed by atoms with van der Waals surface area (Å²) in [7, 11) is -0.972. The van der Waals surface area contributed by atoms with E-state index in [4.69, 9.17) is 10.0 Å². The molecule has 0 radical (unpaired) electrons. The summed E-state index contributed by atoms with van der Waals surface area (Å²) in [6.45, 7) is 0. The Morgan fingerprint density at radius 1 is 1.47 bits per heavy atom. The molecule has 5 nitrogen and oxygen atoms in total. The number of benzene rings is 1. The van der Waals surface area contributed by atoms with Crippen LogP contribution in [-0.2, 0) is 4.74 Å². The number of halogens is 1. The van der Waals surface area contributed by atoms with Crippen LogP contribution in [-0.4, -0.2) is 30.4 Å². The third-order valence-corrected chi connectivity index (χ3v) is 1.58. The van der Waals surface area contributed by atoms with Gasteiger partial charge in [-0.05, 0) is 18.2 Å². The Bertz CT molecular complexity index is 368. The molecule has 1 aromatic rings. The number of ether oxygens (including phenoxy) is 1. The molecule has 1 rings (SSSR count). The van der Waals surface area contributed by atoms with Crippen LogP contribution in [0, 0.1) is 5.82 Å². The normalized spacial score (nSPS) is 9.60. The summed E-state index contributed by atoms with van der Waals surface area (Å²) < 4.78 is 21.7. The lowest BCUT2D eigenvalue weighted by atomic mass is 10.2. The summed E-state index contributed by atoms with van der Waals surface area (Å²) in [5, 5.41) is 16.9. The predicted molar refractivity (Wildman–Crippen MR) is 48.6 cm³/mol. The number of methoxy groups -OCH3 is 1. The summed E-state index contributed by atoms with van der Waals surface area (Å²) in [6.07, 6.45) is 0. The Morgan fingerprint density at radius 3 is 2.67 bits per heavy atom. The Kier molecular flexibility index (Phi) is 3.65. The zero-order valence-corrected chi connectivity index (χ0v) is 7.81. The van der Waals surface area contributed by atoms with Gasteiger partial charge in [-0.1, -0.05) is 0 Å². The van der Waals surface area contributed by atoms with E-state index >= 15 is 0 Å². The van der Waals surface area contributed by atoms with Crippen molar-refractivity contribution < 1.29 is 28.6 Å². The Balaban J connectivity index is 2.99. The largest absolute Gasteiger partial charge is 0.707 e. The molecule has 0 aromatic heterocycles. The first-order valence-electron chi connectivity index (χ1n) is 3.95. The lowest BCUT2D eigenvalue weighted by Crippen LogP contribution is -2.21. The van der Waals surface area contributed by atoms with E-state index in [2.05, 4.69) is 9.39 Å². The van der Waals surface area contributed by atoms with E-state index in [1.54, 1.807) is 0 Å². The smallest absolute Gasteiger partial charge is 0.510 e. The van der Waals surface area contributed by atoms with E-state index < -0.39 is 24.9 Å². The van der Waals surface area contributed by atoms with E-state index in [0.29, 0.717) is 0 Å². The van der Waals surface area contributed by atoms with Gasteiger partial charge in [0, 0.05) is 0 Å². The van der Waals surface area contributed by atoms with Crippen molar-refractivity contribution in [2.24, 2.45) is 0 Å². The molecule has 0 aliphatic carbocycles. The van der Waals surface area contributed by atoms with Crippen molar-refractivity contribution in [3.05, 3.63) is 29.6 Å². The second-order valence-electron chi connectivity index (χ2n) is 2.58. The van der Waals surface area contributed by atoms with Gasteiger partial charge < -0.3 is 19.4 Å². The van der Waals surface area contributed by atoms with E-state index in [9.17, 15) is 9.18 Å². The highest BCUT2D eigenvalue weighted by molar-refractivity contribution is 6.33. The average molecular weight is 214 g/mol. The van der Waals surface area contributed by atoms with Crippen LogP contribution in [0.5, 0.6) is 5.75 Å². The Hall–Kier alpha value is -1.60. The molecule has 15 heavy (non-hydrogen) atoms. The number of hydrogen-bond donors (Lipinski definition) is 2. The van der Waals surface area contributed by atoms with Gasteiger partial charge in [-0.15, -0.1) is 0 Å². The molecule has 0 spiro atoms. The topological polar surface area (TPSA) is 76.0 Å². The second-order valence-corrected chi connectivity index (χ2v) is 2.58. The Labute approximate surface area is 85.2 Å². The summed E-state index contributed by atoms with van der Waals surface area (Å²) in [5.41, 5.74) is 0.0505. The lowest BCUT2D eigenvalue weighted by molar-refractivity contribution is 0.0600. The average Bonchev–Trinajstić information content (AvgIpc) is 2.19. The van der Waals surface area contributed by atoms with Crippen LogP contribution in [0.3, 0.4) is 0 Å². The fraction of sp³-hybridized carbons (Fsp3) is 0.125. The van der Waals surface area contributed by atoms with E-state index in [-0.39, 0.29) is 5.56 Å². The van der Waals surface area contributed by atoms with Crippen molar-refractivity contribution in [1.29, 1.82) is 0 Å². The summed E-state index contributed by atoms with van der Waals surface area (Å²) in [5.74, 6) is -1.92. The minimum atomic E-state index is -2.15. The third kappa shape index (κ3) is 2.93. The molecule has 7 heteroatoms. The van der Waals surface area contributed by atoms with Crippen LogP contribution in [0.1, 0.15) is 10.4 Å². The number of carbonyl (C=O) groups excluding carboxylic acids is 1. The van der Waals surface area contributed by atoms with Crippen LogP contribution in [0.25, 0.3) is 0 Å². The van der Waals surface area contributed by atoms with Gasteiger partial charge in [-0.2, -0.15) is 0 Å². The maximum absolute atomic E-state index is 13.0. The summed E-state index contributed by atoms with van der Waals surface area (Å²) >= 11 is 0. The van der Waals surface area contributed by atoms with Crippen molar-refractivity contribution in [3.8, 4) is 5.75 Å². The molecule has 0 aliphatic heterocycles. The van der Waals surface area contributed by atoms with E-state index in [0.717, 1.165) is 12.1 Å². The Morgan fingerprint density at radius 2 is 2.13 bits per heavy atom. The number of hydrogen-bond acceptors (Lipinski definition) is 5. The second kappa shape index (κ2) is 4.76. The third-order valence-electron chi connectivity index (χ3n) is 1.58. The zero-order chi connectivity index (χ0) is 11.4. The van der Waals surface area contributed by atoms with Gasteiger partial charge in [0.15, 0.2) is 5.82 Å². The minimum absolute atomic E-state index is 0.0505. The van der Waals surface area contributed by atoms with Crippen LogP contribution < -0.4 is 4.65 Å². The highest BCUT2D eigenvalue weighted by Crippen LogP contribution is 2.19. The van der Waals surface area contributed by atoms with Gasteiger partial charge >= 0.3 is 13.3 Å². The SMILES string of the molecule is COC(=O)c1ccc(F)c(OB(O)O)c1. The molecule has 2 N–H and O–H groups in total.